The van der Waals surface area contributed by atoms with Crippen molar-refractivity contribution in [2.75, 3.05) is 12.4 Å². The summed E-state index contributed by atoms with van der Waals surface area (Å²) < 4.78 is 40.7. The number of aryl methyl sites for hydroxylation is 1. The maximum atomic E-state index is 13.1. The summed E-state index contributed by atoms with van der Waals surface area (Å²) in [6.07, 6.45) is -1.62. The minimum Gasteiger partial charge on any atom is -0.373 e. The summed E-state index contributed by atoms with van der Waals surface area (Å²) in [5, 5.41) is 2.87. The van der Waals surface area contributed by atoms with Gasteiger partial charge in [0.15, 0.2) is 0 Å². The lowest BCUT2D eigenvalue weighted by molar-refractivity contribution is -0.137. The third-order valence-electron chi connectivity index (χ3n) is 4.09. The normalized spacial score (nSPS) is 11.4. The standard InChI is InChI=1S/C18H16F3N5O/c1-10-3-4-12(18(19,20)21)6-14(10)26-8-11(5-15(26)17(22)27)13-7-16(23-2)25-9-24-13/h3-9H,1-2H3,(H2,22,27)(H,23,24,25). The van der Waals surface area contributed by atoms with Crippen LogP contribution in [0, 0.1) is 6.92 Å². The van der Waals surface area contributed by atoms with Gasteiger partial charge in [-0.2, -0.15) is 13.2 Å². The topological polar surface area (TPSA) is 85.8 Å². The van der Waals surface area contributed by atoms with Crippen molar-refractivity contribution in [3.63, 3.8) is 0 Å². The van der Waals surface area contributed by atoms with Gasteiger partial charge < -0.3 is 15.6 Å². The largest absolute Gasteiger partial charge is 0.416 e. The first kappa shape index (κ1) is 18.4. The van der Waals surface area contributed by atoms with Crippen molar-refractivity contribution in [2.45, 2.75) is 13.1 Å². The van der Waals surface area contributed by atoms with E-state index in [1.165, 1.54) is 29.2 Å². The Morgan fingerprint density at radius 3 is 2.56 bits per heavy atom. The predicted molar refractivity (Wildman–Crippen MR) is 94.6 cm³/mol. The molecule has 140 valence electrons. The van der Waals surface area contributed by atoms with Gasteiger partial charge in [-0.15, -0.1) is 0 Å². The van der Waals surface area contributed by atoms with Crippen LogP contribution in [0.3, 0.4) is 0 Å². The van der Waals surface area contributed by atoms with E-state index >= 15 is 0 Å². The number of benzene rings is 1. The lowest BCUT2D eigenvalue weighted by atomic mass is 10.1. The quantitative estimate of drug-likeness (QED) is 0.732. The molecule has 9 heteroatoms. The number of hydrogen-bond acceptors (Lipinski definition) is 4. The van der Waals surface area contributed by atoms with Gasteiger partial charge in [0.1, 0.15) is 17.8 Å². The van der Waals surface area contributed by atoms with Crippen LogP contribution in [0.1, 0.15) is 21.6 Å². The van der Waals surface area contributed by atoms with Gasteiger partial charge in [0.25, 0.3) is 5.91 Å². The summed E-state index contributed by atoms with van der Waals surface area (Å²) in [6, 6.07) is 6.49. The highest BCUT2D eigenvalue weighted by Gasteiger charge is 2.31. The molecule has 0 aliphatic rings. The van der Waals surface area contributed by atoms with Crippen molar-refractivity contribution < 1.29 is 18.0 Å². The van der Waals surface area contributed by atoms with Crippen LogP contribution < -0.4 is 11.1 Å². The minimum absolute atomic E-state index is 0.0528. The highest BCUT2D eigenvalue weighted by molar-refractivity contribution is 5.93. The van der Waals surface area contributed by atoms with E-state index in [0.717, 1.165) is 12.1 Å². The summed E-state index contributed by atoms with van der Waals surface area (Å²) in [5.41, 5.74) is 6.49. The molecule has 0 radical (unpaired) electrons. The van der Waals surface area contributed by atoms with Crippen molar-refractivity contribution in [3.05, 3.63) is 59.7 Å². The number of aromatic nitrogens is 3. The molecule has 0 aliphatic carbocycles. The number of amides is 1. The minimum atomic E-state index is -4.50. The number of halogens is 3. The molecule has 0 spiro atoms. The molecule has 0 unspecified atom stereocenters. The number of nitrogens with one attached hydrogen (secondary N) is 1. The maximum absolute atomic E-state index is 13.1. The Morgan fingerprint density at radius 2 is 1.93 bits per heavy atom. The second-order valence-electron chi connectivity index (χ2n) is 5.89. The van der Waals surface area contributed by atoms with Gasteiger partial charge in [0.2, 0.25) is 0 Å². The molecule has 27 heavy (non-hydrogen) atoms. The van der Waals surface area contributed by atoms with Gasteiger partial charge in [-0.25, -0.2) is 9.97 Å². The van der Waals surface area contributed by atoms with Crippen LogP contribution in [0.25, 0.3) is 16.9 Å². The zero-order valence-electron chi connectivity index (χ0n) is 14.5. The van der Waals surface area contributed by atoms with Gasteiger partial charge in [0.05, 0.1) is 11.3 Å². The van der Waals surface area contributed by atoms with Gasteiger partial charge in [-0.05, 0) is 30.7 Å². The van der Waals surface area contributed by atoms with Crippen molar-refractivity contribution in [2.24, 2.45) is 5.73 Å². The zero-order valence-corrected chi connectivity index (χ0v) is 14.5. The second-order valence-corrected chi connectivity index (χ2v) is 5.89. The fraction of sp³-hybridized carbons (Fsp3) is 0.167. The van der Waals surface area contributed by atoms with Gasteiger partial charge in [-0.1, -0.05) is 6.07 Å². The molecular weight excluding hydrogens is 359 g/mol. The molecule has 1 aromatic carbocycles. The fourth-order valence-corrected chi connectivity index (χ4v) is 2.69. The Balaban J connectivity index is 2.19. The summed E-state index contributed by atoms with van der Waals surface area (Å²) in [5.74, 6) is -0.204. The average Bonchev–Trinajstić information content (AvgIpc) is 3.06. The molecule has 3 N–H and O–H groups in total. The van der Waals surface area contributed by atoms with Crippen LogP contribution >= 0.6 is 0 Å². The van der Waals surface area contributed by atoms with E-state index in [4.69, 9.17) is 5.73 Å². The van der Waals surface area contributed by atoms with Crippen LogP contribution in [0.5, 0.6) is 0 Å². The van der Waals surface area contributed by atoms with Crippen LogP contribution in [0.2, 0.25) is 0 Å². The highest BCUT2D eigenvalue weighted by Crippen LogP contribution is 2.33. The molecule has 0 aliphatic heterocycles. The van der Waals surface area contributed by atoms with E-state index in [1.54, 1.807) is 20.0 Å². The number of nitrogens with two attached hydrogens (primary N) is 1. The molecule has 3 rings (SSSR count). The number of anilines is 1. The Hall–Kier alpha value is -3.36. The van der Waals surface area contributed by atoms with Crippen LogP contribution in [-0.4, -0.2) is 27.5 Å². The molecule has 2 heterocycles. The zero-order chi connectivity index (χ0) is 19.8. The van der Waals surface area contributed by atoms with Crippen LogP contribution in [-0.2, 0) is 6.18 Å². The van der Waals surface area contributed by atoms with Gasteiger partial charge >= 0.3 is 6.18 Å². The summed E-state index contributed by atoms with van der Waals surface area (Å²) in [4.78, 5) is 20.1. The third kappa shape index (κ3) is 3.62. The molecule has 3 aromatic rings. The Bertz CT molecular complexity index is 1010. The second kappa shape index (κ2) is 6.75. The molecule has 6 nitrogen and oxygen atoms in total. The third-order valence-corrected chi connectivity index (χ3v) is 4.09. The Labute approximate surface area is 152 Å². The van der Waals surface area contributed by atoms with Crippen molar-refractivity contribution in [1.82, 2.24) is 14.5 Å². The predicted octanol–water partition coefficient (Wildman–Crippen LogP) is 3.40. The number of rotatable bonds is 4. The van der Waals surface area contributed by atoms with Crippen LogP contribution in [0.15, 0.2) is 42.9 Å². The number of primary amides is 1. The van der Waals surface area contributed by atoms with Crippen molar-refractivity contribution >= 4 is 11.7 Å². The molecule has 0 fully saturated rings. The highest BCUT2D eigenvalue weighted by atomic mass is 19.4. The Kier molecular flexibility index (Phi) is 4.61. The SMILES string of the molecule is CNc1cc(-c2cc(C(N)=O)n(-c3cc(C(F)(F)F)ccc3C)c2)ncn1. The monoisotopic (exact) mass is 375 g/mol. The van der Waals surface area contributed by atoms with Gasteiger partial charge in [-0.3, -0.25) is 4.79 Å². The molecule has 0 saturated heterocycles. The fourth-order valence-electron chi connectivity index (χ4n) is 2.69. The first-order chi connectivity index (χ1) is 12.7. The molecule has 0 atom stereocenters. The van der Waals surface area contributed by atoms with E-state index in [2.05, 4.69) is 15.3 Å². The van der Waals surface area contributed by atoms with E-state index in [-0.39, 0.29) is 11.4 Å². The average molecular weight is 375 g/mol. The first-order valence-corrected chi connectivity index (χ1v) is 7.91. The molecular formula is C18H16F3N5O. The number of carbonyl (C=O) groups excluding carboxylic acids is 1. The molecule has 2 aromatic heterocycles. The number of hydrogen-bond donors (Lipinski definition) is 2. The molecule has 0 saturated carbocycles. The first-order valence-electron chi connectivity index (χ1n) is 7.91. The lowest BCUT2D eigenvalue weighted by Crippen LogP contribution is -2.16. The maximum Gasteiger partial charge on any atom is 0.416 e. The smallest absolute Gasteiger partial charge is 0.373 e. The number of carbonyl (C=O) groups is 1. The number of alkyl halides is 3. The summed E-state index contributed by atoms with van der Waals surface area (Å²) in [7, 11) is 1.69. The van der Waals surface area contributed by atoms with Crippen molar-refractivity contribution in [1.29, 1.82) is 0 Å². The van der Waals surface area contributed by atoms with Gasteiger partial charge in [0, 0.05) is 30.6 Å². The summed E-state index contributed by atoms with van der Waals surface area (Å²) in [6.45, 7) is 1.66. The lowest BCUT2D eigenvalue weighted by Gasteiger charge is -2.14. The molecule has 1 amide bonds. The van der Waals surface area contributed by atoms with E-state index in [0.29, 0.717) is 22.6 Å². The van der Waals surface area contributed by atoms with E-state index in [1.807, 2.05) is 0 Å². The van der Waals surface area contributed by atoms with E-state index < -0.39 is 17.6 Å². The number of nitrogens with zero attached hydrogens (tertiary/aromatic N) is 3. The van der Waals surface area contributed by atoms with E-state index in [9.17, 15) is 18.0 Å². The Morgan fingerprint density at radius 1 is 1.19 bits per heavy atom. The molecule has 0 bridgehead atoms. The summed E-state index contributed by atoms with van der Waals surface area (Å²) >= 11 is 0. The van der Waals surface area contributed by atoms with Crippen LogP contribution in [0.4, 0.5) is 19.0 Å². The van der Waals surface area contributed by atoms with Crippen molar-refractivity contribution in [3.8, 4) is 16.9 Å².